The van der Waals surface area contributed by atoms with Gasteiger partial charge in [0.2, 0.25) is 23.8 Å². The van der Waals surface area contributed by atoms with Crippen molar-refractivity contribution in [3.8, 4) is 91.0 Å². The van der Waals surface area contributed by atoms with E-state index in [9.17, 15) is 19.2 Å². The van der Waals surface area contributed by atoms with Gasteiger partial charge in [-0.3, -0.25) is 34.1 Å². The van der Waals surface area contributed by atoms with E-state index in [2.05, 4.69) is 104 Å². The summed E-state index contributed by atoms with van der Waals surface area (Å²) in [6.45, 7) is 34.1. The molecule has 0 bridgehead atoms. The number of nitrogens with one attached hydrogen (secondary N) is 5. The molecule has 4 saturated heterocycles. The number of pyridine rings is 4. The number of carbonyl (C=O) groups excluding carboxylic acids is 4. The molecule has 5 N–H and O–H groups in total. The Morgan fingerprint density at radius 1 is 0.393 bits per heavy atom. The number of fused-ring (bicyclic) bond motifs is 4. The van der Waals surface area contributed by atoms with E-state index in [1.165, 1.54) is 87.2 Å². The third-order valence-electron chi connectivity index (χ3n) is 25.2. The number of ketones is 4. The summed E-state index contributed by atoms with van der Waals surface area (Å²) in [6, 6.07) is 12.6. The first-order chi connectivity index (χ1) is 69.5. The molecular weight excluding hydrogens is 1990 g/mol. The second kappa shape index (κ2) is 49.0. The van der Waals surface area contributed by atoms with Gasteiger partial charge in [0.15, 0.2) is 52.1 Å². The van der Waals surface area contributed by atoms with Gasteiger partial charge >= 0.3 is 0 Å². The van der Waals surface area contributed by atoms with Crippen LogP contribution >= 0.6 is 69.6 Å². The van der Waals surface area contributed by atoms with Crippen molar-refractivity contribution >= 4 is 166 Å². The molecule has 0 amide bonds. The zero-order valence-corrected chi connectivity index (χ0v) is 87.5. The summed E-state index contributed by atoms with van der Waals surface area (Å²) >= 11 is 39.7. The van der Waals surface area contributed by atoms with Gasteiger partial charge in [0.05, 0.1) is 226 Å². The van der Waals surface area contributed by atoms with Crippen LogP contribution < -0.4 is 64.5 Å². The average Bonchev–Trinajstić information content (AvgIpc) is 1.69. The number of halogens is 8. The van der Waals surface area contributed by atoms with Gasteiger partial charge in [0.1, 0.15) is 40.0 Å². The highest BCUT2D eigenvalue weighted by atomic mass is 35.5. The van der Waals surface area contributed by atoms with Crippen molar-refractivity contribution in [1.29, 1.82) is 0 Å². The van der Waals surface area contributed by atoms with Gasteiger partial charge in [-0.05, 0) is 80.2 Å². The second-order valence-electron chi connectivity index (χ2n) is 35.9. The molecule has 41 heteroatoms. The molecule has 0 unspecified atom stereocenters. The molecule has 4 aromatic carbocycles. The summed E-state index contributed by atoms with van der Waals surface area (Å²) in [4.78, 5) is 103. The van der Waals surface area contributed by atoms with Gasteiger partial charge in [-0.2, -0.15) is 0 Å². The van der Waals surface area contributed by atoms with E-state index < -0.39 is 11.6 Å². The van der Waals surface area contributed by atoms with Crippen molar-refractivity contribution in [2.45, 2.75) is 124 Å². The van der Waals surface area contributed by atoms with Crippen LogP contribution in [-0.4, -0.2) is 223 Å². The smallest absolute Gasteiger partial charge is 0.223 e. The maximum absolute atomic E-state index is 15.4. The third-order valence-corrected chi connectivity index (χ3v) is 27.5. The highest BCUT2D eigenvalue weighted by Crippen LogP contribution is 2.51. The topological polar surface area (TPSA) is 394 Å². The lowest BCUT2D eigenvalue weighted by atomic mass is 9.88. The quantitative estimate of drug-likeness (QED) is 0.0228. The molecule has 0 aliphatic carbocycles. The summed E-state index contributed by atoms with van der Waals surface area (Å²) < 4.78 is 95.8. The molecule has 766 valence electrons. The Labute approximate surface area is 867 Å². The van der Waals surface area contributed by atoms with Crippen molar-refractivity contribution in [1.82, 2.24) is 59.8 Å². The number of anilines is 5. The van der Waals surface area contributed by atoms with Gasteiger partial charge < -0.3 is 83.4 Å². The number of rotatable bonds is 36. The number of hydrogen-bond acceptors (Lipinski definition) is 33. The molecule has 0 radical (unpaired) electrons. The number of allylic oxidation sites excluding steroid dienone is 4. The van der Waals surface area contributed by atoms with Crippen LogP contribution in [0.15, 0.2) is 124 Å². The summed E-state index contributed by atoms with van der Waals surface area (Å²) in [5, 5.41) is 21.5. The van der Waals surface area contributed by atoms with Crippen LogP contribution in [0.2, 0.25) is 30.1 Å². The summed E-state index contributed by atoms with van der Waals surface area (Å²) in [5.41, 5.74) is 7.47. The Kier molecular flexibility index (Phi) is 37.0. The minimum atomic E-state index is -0.900. The van der Waals surface area contributed by atoms with Crippen LogP contribution in [0.1, 0.15) is 97.1 Å². The van der Waals surface area contributed by atoms with Gasteiger partial charge in [-0.15, -0.1) is 0 Å². The Hall–Kier alpha value is -12.7. The molecule has 4 aliphatic rings. The van der Waals surface area contributed by atoms with Gasteiger partial charge in [0, 0.05) is 143 Å². The molecular formula is C104H113Cl6F2N17O16. The lowest BCUT2D eigenvalue weighted by molar-refractivity contribution is -0.116. The Bertz CT molecular complexity index is 6800. The lowest BCUT2D eigenvalue weighted by Crippen LogP contribution is -2.31. The largest absolute Gasteiger partial charge is 0.495 e. The fraction of sp³-hybridized carbons (Fsp3) is 0.385. The predicted molar refractivity (Wildman–Crippen MR) is 560 cm³/mol. The molecule has 9 atom stereocenters. The van der Waals surface area contributed by atoms with Crippen LogP contribution in [0.4, 0.5) is 38.4 Å². The van der Waals surface area contributed by atoms with Crippen molar-refractivity contribution in [3.05, 3.63) is 183 Å². The van der Waals surface area contributed by atoms with Crippen LogP contribution in [0.3, 0.4) is 0 Å². The molecule has 12 aromatic rings. The van der Waals surface area contributed by atoms with E-state index >= 15 is 8.78 Å². The number of aryl methyl sites for hydroxylation is 2. The highest BCUT2D eigenvalue weighted by molar-refractivity contribution is 6.42. The number of carbonyl (C=O) groups is 4. The zero-order valence-electron chi connectivity index (χ0n) is 83.0. The van der Waals surface area contributed by atoms with Crippen LogP contribution in [-0.2, 0) is 44.5 Å². The summed E-state index contributed by atoms with van der Waals surface area (Å²) in [6.07, 6.45) is 14.1. The fourth-order valence-corrected chi connectivity index (χ4v) is 18.8. The fourth-order valence-electron chi connectivity index (χ4n) is 16.7. The van der Waals surface area contributed by atoms with E-state index in [0.717, 1.165) is 33.6 Å². The molecule has 33 nitrogen and oxygen atoms in total. The molecule has 145 heavy (non-hydrogen) atoms. The van der Waals surface area contributed by atoms with Gasteiger partial charge in [0.25, 0.3) is 0 Å². The first-order valence-electron chi connectivity index (χ1n) is 46.3. The molecule has 0 spiro atoms. The van der Waals surface area contributed by atoms with E-state index in [1.807, 2.05) is 52.8 Å². The van der Waals surface area contributed by atoms with Crippen LogP contribution in [0, 0.1) is 47.6 Å². The number of nitrogens with zero attached hydrogens (tertiary/aromatic N) is 12. The summed E-state index contributed by atoms with van der Waals surface area (Å²) in [5.74, 6) is 2.40. The SMILES string of the molecule is C=CC(=O)C[C@H]1COC[C@H]1Nc1ncc2cc(-c3c(Cl)c(OC)cc(OC)c3Cl)nc(C(C)C)c2n1.C=CC(=O)C[C@H]1COC[C@H]1Nc1ncc2cc(-c3c(Cl)c(OC)cc(OC)c3Cl)nc(C)c2n1.C=CC(=O)C[C@H]1COC[C@H]1Nc1ncc2cc(-c3c(Cl)c(OC)cc(OC)c3Cl)nc(CC)c2n1.C=CC(=O)C[C@H]1COC[C@H]1Nc1ncc2cc(-c3c(F)c(OC)cc(OC)c3F)nc(N[C@@H](C)C(C)(C)C)c2n1. The Morgan fingerprint density at radius 2 is 0.676 bits per heavy atom. The standard InChI is InChI=1S/C29H35F2N5O4.C26H28Cl2N4O4.C25H26Cl2N4O4.C24H24Cl2N4O4/c1-8-18(37)9-17-13-40-14-20(17)35-28-32-12-16-10-19(23-24(30)21(38-6)11-22(39-7)25(23)31)34-27(26(16)36-28)33-15(2)29(3,4)5;1-6-16(33)7-15-11-36-12-18(15)31-26-29-10-14-8-17(30-24(13(2)3)25(14)32-26)21-22(27)19(34-4)9-20(35-5)23(21)28;1-5-15(32)7-14-11-35-12-18(14)30-25-28-10-13-8-17(29-16(6-2)24(13)31-25)21-22(26)19(33-3)9-20(34-4)23(21)27;1-5-15(31)6-14-10-34-11-17(14)29-24-27-9-13-7-16(28-12(2)23(13)30-24)20-21(25)18(32-3)8-19(33-4)22(20)26/h8,10-12,15,17,20H,1,9,13-14H2,2-7H3,(H,33,34)(H,32,35,36);6,8-10,13,15,18H,1,7,11-12H2,2-5H3,(H,29,31,32);5,8-10,14,18H,1,6-7,11-12H2,2-4H3,(H,28,30,31);5,7-9,14,17H,1,6,10-11H2,2-4H3,(H,27,29,30)/t15-,17-,20+;15-,18+;14-,18+;14-,17+/m0000/s1. The molecule has 4 aliphatic heterocycles. The number of ether oxygens (including phenoxy) is 12. The lowest BCUT2D eigenvalue weighted by Gasteiger charge is -2.29. The van der Waals surface area contributed by atoms with Gasteiger partial charge in [-0.1, -0.05) is 137 Å². The zero-order chi connectivity index (χ0) is 105. The molecule has 0 saturated carbocycles. The van der Waals surface area contributed by atoms with E-state index in [1.54, 1.807) is 43.0 Å². The van der Waals surface area contributed by atoms with Crippen LogP contribution in [0.5, 0.6) is 46.0 Å². The van der Waals surface area contributed by atoms with Crippen molar-refractivity contribution in [3.63, 3.8) is 0 Å². The van der Waals surface area contributed by atoms with Crippen molar-refractivity contribution in [2.75, 3.05) is 136 Å². The normalized spacial score (nSPS) is 17.6. The summed E-state index contributed by atoms with van der Waals surface area (Å²) in [7, 11) is 11.7. The molecule has 8 aromatic heterocycles. The molecule has 4 fully saturated rings. The first-order valence-corrected chi connectivity index (χ1v) is 48.6. The molecule has 16 rings (SSSR count). The average molecular weight is 2110 g/mol. The minimum Gasteiger partial charge on any atom is -0.495 e. The Morgan fingerprint density at radius 3 is 0.993 bits per heavy atom. The van der Waals surface area contributed by atoms with E-state index in [-0.39, 0.29) is 111 Å². The number of aromatic nitrogens is 12. The van der Waals surface area contributed by atoms with Gasteiger partial charge in [-0.25, -0.2) is 53.6 Å². The maximum atomic E-state index is 15.4. The Balaban J connectivity index is 0.000000162. The van der Waals surface area contributed by atoms with Crippen molar-refractivity contribution < 1.29 is 84.8 Å². The van der Waals surface area contributed by atoms with Crippen molar-refractivity contribution in [2.24, 2.45) is 29.1 Å². The van der Waals surface area contributed by atoms with Crippen LogP contribution in [0.25, 0.3) is 88.6 Å². The van der Waals surface area contributed by atoms with E-state index in [0.29, 0.717) is 246 Å². The third kappa shape index (κ3) is 25.2. The second-order valence-corrected chi connectivity index (χ2v) is 38.2. The monoisotopic (exact) mass is 2100 g/mol. The number of methoxy groups -OCH3 is 8. The number of hydrogen-bond donors (Lipinski definition) is 5. The van der Waals surface area contributed by atoms with E-state index in [4.69, 9.17) is 156 Å². The molecule has 12 heterocycles. The first kappa shape index (κ1) is 110. The number of benzene rings is 4. The highest BCUT2D eigenvalue weighted by Gasteiger charge is 2.37. The predicted octanol–water partition coefficient (Wildman–Crippen LogP) is 21.2. The minimum absolute atomic E-state index is 0.0109. The maximum Gasteiger partial charge on any atom is 0.223 e.